The minimum atomic E-state index is -0.312. The number of amides is 1. The lowest BCUT2D eigenvalue weighted by Gasteiger charge is -2.32. The van der Waals surface area contributed by atoms with E-state index < -0.39 is 0 Å². The molecule has 0 spiro atoms. The van der Waals surface area contributed by atoms with Crippen LogP contribution in [0.3, 0.4) is 0 Å². The molecular formula is C17H20FN3OS. The number of halogens is 1. The van der Waals surface area contributed by atoms with E-state index in [-0.39, 0.29) is 11.7 Å². The highest BCUT2D eigenvalue weighted by Crippen LogP contribution is 2.27. The third-order valence-corrected chi connectivity index (χ3v) is 5.00. The molecule has 0 bridgehead atoms. The Morgan fingerprint density at radius 3 is 3.09 bits per heavy atom. The molecule has 2 heterocycles. The highest BCUT2D eigenvalue weighted by molar-refractivity contribution is 7.13. The number of carbonyl (C=O) groups is 1. The van der Waals surface area contributed by atoms with Gasteiger partial charge < -0.3 is 10.2 Å². The predicted octanol–water partition coefficient (Wildman–Crippen LogP) is 3.02. The first-order chi connectivity index (χ1) is 11.2. The van der Waals surface area contributed by atoms with E-state index in [1.807, 2.05) is 11.9 Å². The van der Waals surface area contributed by atoms with E-state index in [0.29, 0.717) is 22.2 Å². The lowest BCUT2D eigenvalue weighted by molar-refractivity contribution is 0.0669. The van der Waals surface area contributed by atoms with Crippen molar-refractivity contribution < 1.29 is 9.18 Å². The fourth-order valence-corrected chi connectivity index (χ4v) is 3.82. The second-order valence-corrected chi connectivity index (χ2v) is 6.69. The van der Waals surface area contributed by atoms with Gasteiger partial charge in [0.25, 0.3) is 5.91 Å². The molecule has 6 heteroatoms. The lowest BCUT2D eigenvalue weighted by atomic mass is 9.98. The molecule has 0 aliphatic carbocycles. The molecule has 1 amide bonds. The summed E-state index contributed by atoms with van der Waals surface area (Å²) in [5.74, 6) is 0.125. The standard InChI is InChI=1S/C17H20FN3OS/c1-19-9-12-5-4-8-21(10-12)17(22)15-11-23-16(20-15)13-6-2-3-7-14(13)18/h2-3,6-7,11-12,19H,4-5,8-10H2,1H3. The summed E-state index contributed by atoms with van der Waals surface area (Å²) in [6, 6.07) is 6.51. The van der Waals surface area contributed by atoms with Crippen molar-refractivity contribution in [3.8, 4) is 10.6 Å². The Bertz CT molecular complexity index is 686. The maximum Gasteiger partial charge on any atom is 0.273 e. The van der Waals surface area contributed by atoms with Gasteiger partial charge in [0.2, 0.25) is 0 Å². The molecule has 2 aromatic rings. The quantitative estimate of drug-likeness (QED) is 0.935. The molecule has 1 aliphatic rings. The van der Waals surface area contributed by atoms with Gasteiger partial charge in [0, 0.05) is 24.0 Å². The van der Waals surface area contributed by atoms with Crippen LogP contribution >= 0.6 is 11.3 Å². The van der Waals surface area contributed by atoms with Gasteiger partial charge in [-0.1, -0.05) is 12.1 Å². The smallest absolute Gasteiger partial charge is 0.273 e. The molecule has 1 aromatic carbocycles. The Kier molecular flexibility index (Phi) is 5.03. The normalized spacial score (nSPS) is 18.2. The Hall–Kier alpha value is -1.79. The van der Waals surface area contributed by atoms with E-state index >= 15 is 0 Å². The van der Waals surface area contributed by atoms with Crippen molar-refractivity contribution in [1.82, 2.24) is 15.2 Å². The number of benzene rings is 1. The number of rotatable bonds is 4. The van der Waals surface area contributed by atoms with Crippen molar-refractivity contribution in [2.24, 2.45) is 5.92 Å². The zero-order chi connectivity index (χ0) is 16.2. The largest absolute Gasteiger partial charge is 0.337 e. The number of carbonyl (C=O) groups excluding carboxylic acids is 1. The molecule has 1 unspecified atom stereocenters. The fraction of sp³-hybridized carbons (Fsp3) is 0.412. The molecule has 4 nitrogen and oxygen atoms in total. The Labute approximate surface area is 139 Å². The number of piperidine rings is 1. The number of nitrogens with zero attached hydrogens (tertiary/aromatic N) is 2. The number of hydrogen-bond acceptors (Lipinski definition) is 4. The van der Waals surface area contributed by atoms with Crippen LogP contribution in [-0.4, -0.2) is 42.5 Å². The van der Waals surface area contributed by atoms with Gasteiger partial charge in [0.1, 0.15) is 16.5 Å². The third kappa shape index (κ3) is 3.59. The average Bonchev–Trinajstić information content (AvgIpc) is 3.05. The van der Waals surface area contributed by atoms with E-state index in [1.54, 1.807) is 23.6 Å². The molecule has 1 atom stereocenters. The highest BCUT2D eigenvalue weighted by Gasteiger charge is 2.25. The summed E-state index contributed by atoms with van der Waals surface area (Å²) in [6.07, 6.45) is 2.16. The van der Waals surface area contributed by atoms with E-state index in [0.717, 1.165) is 32.5 Å². The Morgan fingerprint density at radius 2 is 2.30 bits per heavy atom. The third-order valence-electron chi connectivity index (χ3n) is 4.13. The SMILES string of the molecule is CNCC1CCCN(C(=O)c2csc(-c3ccccc3F)n2)C1. The van der Waals surface area contributed by atoms with Crippen molar-refractivity contribution in [3.63, 3.8) is 0 Å². The van der Waals surface area contributed by atoms with Gasteiger partial charge in [0.05, 0.1) is 0 Å². The number of aromatic nitrogens is 1. The van der Waals surface area contributed by atoms with E-state index in [9.17, 15) is 9.18 Å². The second kappa shape index (κ2) is 7.19. The average molecular weight is 333 g/mol. The molecule has 1 N–H and O–H groups in total. The minimum Gasteiger partial charge on any atom is -0.337 e. The van der Waals surface area contributed by atoms with Crippen LogP contribution in [0.1, 0.15) is 23.3 Å². The maximum absolute atomic E-state index is 13.8. The van der Waals surface area contributed by atoms with Crippen molar-refractivity contribution in [1.29, 1.82) is 0 Å². The van der Waals surface area contributed by atoms with Crippen LogP contribution in [0, 0.1) is 11.7 Å². The number of hydrogen-bond donors (Lipinski definition) is 1. The van der Waals surface area contributed by atoms with Crippen LogP contribution in [0.4, 0.5) is 4.39 Å². The van der Waals surface area contributed by atoms with Crippen LogP contribution in [-0.2, 0) is 0 Å². The van der Waals surface area contributed by atoms with Crippen molar-refractivity contribution in [2.75, 3.05) is 26.7 Å². The van der Waals surface area contributed by atoms with Crippen LogP contribution in [0.2, 0.25) is 0 Å². The molecule has 1 fully saturated rings. The van der Waals surface area contributed by atoms with Gasteiger partial charge >= 0.3 is 0 Å². The molecule has 1 aliphatic heterocycles. The zero-order valence-corrected chi connectivity index (χ0v) is 13.9. The number of thiazole rings is 1. The summed E-state index contributed by atoms with van der Waals surface area (Å²) in [6.45, 7) is 2.44. The summed E-state index contributed by atoms with van der Waals surface area (Å²) in [4.78, 5) is 18.9. The number of likely N-dealkylation sites (tertiary alicyclic amines) is 1. The second-order valence-electron chi connectivity index (χ2n) is 5.83. The molecule has 1 aromatic heterocycles. The van der Waals surface area contributed by atoms with Gasteiger partial charge in [-0.3, -0.25) is 4.79 Å². The molecule has 0 saturated carbocycles. The van der Waals surface area contributed by atoms with Crippen molar-refractivity contribution in [3.05, 3.63) is 41.2 Å². The van der Waals surface area contributed by atoms with Gasteiger partial charge in [-0.2, -0.15) is 0 Å². The van der Waals surface area contributed by atoms with Crippen LogP contribution in [0.15, 0.2) is 29.6 Å². The summed E-state index contributed by atoms with van der Waals surface area (Å²) in [7, 11) is 1.93. The topological polar surface area (TPSA) is 45.2 Å². The maximum atomic E-state index is 13.8. The molecule has 122 valence electrons. The summed E-state index contributed by atoms with van der Waals surface area (Å²) >= 11 is 1.31. The van der Waals surface area contributed by atoms with Crippen molar-refractivity contribution in [2.45, 2.75) is 12.8 Å². The zero-order valence-electron chi connectivity index (χ0n) is 13.1. The van der Waals surface area contributed by atoms with Gasteiger partial charge in [0.15, 0.2) is 0 Å². The molecule has 0 radical (unpaired) electrons. The minimum absolute atomic E-state index is 0.0513. The van der Waals surface area contributed by atoms with Gasteiger partial charge in [-0.15, -0.1) is 11.3 Å². The van der Waals surface area contributed by atoms with Crippen LogP contribution in [0.25, 0.3) is 10.6 Å². The molecule has 1 saturated heterocycles. The Morgan fingerprint density at radius 1 is 1.48 bits per heavy atom. The molecular weight excluding hydrogens is 313 g/mol. The first-order valence-electron chi connectivity index (χ1n) is 7.83. The Balaban J connectivity index is 1.75. The predicted molar refractivity (Wildman–Crippen MR) is 90.1 cm³/mol. The van der Waals surface area contributed by atoms with Gasteiger partial charge in [-0.05, 0) is 44.5 Å². The first-order valence-corrected chi connectivity index (χ1v) is 8.71. The molecule has 23 heavy (non-hydrogen) atoms. The lowest BCUT2D eigenvalue weighted by Crippen LogP contribution is -2.42. The number of nitrogens with one attached hydrogen (secondary N) is 1. The molecule has 3 rings (SSSR count). The van der Waals surface area contributed by atoms with E-state index in [1.165, 1.54) is 17.4 Å². The highest BCUT2D eigenvalue weighted by atomic mass is 32.1. The summed E-state index contributed by atoms with van der Waals surface area (Å²) in [5.41, 5.74) is 0.863. The summed E-state index contributed by atoms with van der Waals surface area (Å²) < 4.78 is 13.8. The van der Waals surface area contributed by atoms with Crippen LogP contribution in [0.5, 0.6) is 0 Å². The van der Waals surface area contributed by atoms with E-state index in [4.69, 9.17) is 0 Å². The fourth-order valence-electron chi connectivity index (χ4n) is 3.00. The summed E-state index contributed by atoms with van der Waals surface area (Å²) in [5, 5.41) is 5.45. The van der Waals surface area contributed by atoms with Gasteiger partial charge in [-0.25, -0.2) is 9.37 Å². The van der Waals surface area contributed by atoms with Crippen LogP contribution < -0.4 is 5.32 Å². The monoisotopic (exact) mass is 333 g/mol. The first kappa shape index (κ1) is 16.1. The van der Waals surface area contributed by atoms with E-state index in [2.05, 4.69) is 10.3 Å². The van der Waals surface area contributed by atoms with Crippen molar-refractivity contribution >= 4 is 17.2 Å².